The fourth-order valence-electron chi connectivity index (χ4n) is 1.97. The van der Waals surface area contributed by atoms with Gasteiger partial charge in [-0.2, -0.15) is 5.10 Å². The highest BCUT2D eigenvalue weighted by molar-refractivity contribution is 9.10. The minimum absolute atomic E-state index is 0.0372. The summed E-state index contributed by atoms with van der Waals surface area (Å²) in [7, 11) is 1.72. The predicted molar refractivity (Wildman–Crippen MR) is 74.7 cm³/mol. The molecule has 0 spiro atoms. The van der Waals surface area contributed by atoms with Crippen LogP contribution >= 0.6 is 15.9 Å². The summed E-state index contributed by atoms with van der Waals surface area (Å²) in [5.41, 5.74) is 1.24. The van der Waals surface area contributed by atoms with E-state index in [4.69, 9.17) is 0 Å². The van der Waals surface area contributed by atoms with Crippen LogP contribution in [-0.4, -0.2) is 15.6 Å². The van der Waals surface area contributed by atoms with Crippen molar-refractivity contribution in [3.05, 3.63) is 51.3 Å². The number of benzene rings is 1. The molecular formula is C14H13BrF2N2O. The third-order valence-electron chi connectivity index (χ3n) is 3.06. The highest BCUT2D eigenvalue weighted by Gasteiger charge is 2.19. The summed E-state index contributed by atoms with van der Waals surface area (Å²) in [6, 6.07) is 2.86. The molecule has 0 radical (unpaired) electrons. The molecule has 1 aromatic carbocycles. The number of Topliss-reactive ketones (excluding diaryl/α,β-unsaturated/α-hetero) is 1. The van der Waals surface area contributed by atoms with E-state index in [9.17, 15) is 13.6 Å². The van der Waals surface area contributed by atoms with Crippen molar-refractivity contribution < 1.29 is 13.6 Å². The number of carbonyl (C=O) groups excluding carboxylic acids is 1. The molecule has 2 aromatic rings. The minimum Gasteiger partial charge on any atom is -0.294 e. The average molecular weight is 343 g/mol. The molecule has 2 rings (SSSR count). The van der Waals surface area contributed by atoms with Gasteiger partial charge in [-0.25, -0.2) is 8.78 Å². The molecule has 0 bridgehead atoms. The Kier molecular flexibility index (Phi) is 4.32. The molecule has 0 aliphatic carbocycles. The first kappa shape index (κ1) is 14.8. The predicted octanol–water partition coefficient (Wildman–Crippen LogP) is 3.45. The number of rotatable bonds is 4. The van der Waals surface area contributed by atoms with Crippen LogP contribution in [0, 0.1) is 11.6 Å². The molecule has 0 aliphatic rings. The van der Waals surface area contributed by atoms with E-state index in [1.54, 1.807) is 11.7 Å². The molecule has 0 N–H and O–H groups in total. The molecule has 0 saturated carbocycles. The van der Waals surface area contributed by atoms with Crippen LogP contribution in [0.1, 0.15) is 28.7 Å². The second kappa shape index (κ2) is 5.83. The van der Waals surface area contributed by atoms with Crippen LogP contribution in [0.25, 0.3) is 0 Å². The topological polar surface area (TPSA) is 34.9 Å². The van der Waals surface area contributed by atoms with E-state index >= 15 is 0 Å². The molecule has 0 aliphatic heterocycles. The fraction of sp³-hybridized carbons (Fsp3) is 0.286. The van der Waals surface area contributed by atoms with Gasteiger partial charge in [0.05, 0.1) is 27.8 Å². The molecule has 6 heteroatoms. The molecule has 0 fully saturated rings. The van der Waals surface area contributed by atoms with E-state index in [2.05, 4.69) is 21.0 Å². The maximum atomic E-state index is 13.6. The average Bonchev–Trinajstić information content (AvgIpc) is 2.68. The van der Waals surface area contributed by atoms with Gasteiger partial charge in [-0.05, 0) is 40.5 Å². The van der Waals surface area contributed by atoms with Crippen molar-refractivity contribution in [3.8, 4) is 0 Å². The van der Waals surface area contributed by atoms with Gasteiger partial charge in [0.2, 0.25) is 0 Å². The zero-order valence-corrected chi connectivity index (χ0v) is 12.7. The van der Waals surface area contributed by atoms with E-state index in [1.807, 2.05) is 6.92 Å². The molecule has 1 aromatic heterocycles. The van der Waals surface area contributed by atoms with Crippen molar-refractivity contribution >= 4 is 21.7 Å². The number of carbonyl (C=O) groups is 1. The lowest BCUT2D eigenvalue weighted by Crippen LogP contribution is -2.10. The Morgan fingerprint density at radius 3 is 2.70 bits per heavy atom. The number of hydrogen-bond acceptors (Lipinski definition) is 2. The summed E-state index contributed by atoms with van der Waals surface area (Å²) in [4.78, 5) is 12.1. The van der Waals surface area contributed by atoms with Crippen LogP contribution in [0.5, 0.6) is 0 Å². The fourth-order valence-corrected chi connectivity index (χ4v) is 2.73. The van der Waals surface area contributed by atoms with Gasteiger partial charge in [-0.3, -0.25) is 9.48 Å². The summed E-state index contributed by atoms with van der Waals surface area (Å²) in [6.07, 6.45) is 0.682. The van der Waals surface area contributed by atoms with Gasteiger partial charge < -0.3 is 0 Å². The zero-order chi connectivity index (χ0) is 14.9. The van der Waals surface area contributed by atoms with Gasteiger partial charge in [-0.1, -0.05) is 6.92 Å². The minimum atomic E-state index is -0.717. The highest BCUT2D eigenvalue weighted by Crippen LogP contribution is 2.23. The standard InChI is InChI=1S/C14H13BrF2N2O/c1-3-11-14(15)12(19(2)18-11)7-13(20)9-6-8(16)4-5-10(9)17/h4-6H,3,7H2,1-2H3. The molecular weight excluding hydrogens is 330 g/mol. The molecule has 0 saturated heterocycles. The number of aromatic nitrogens is 2. The Morgan fingerprint density at radius 2 is 2.10 bits per heavy atom. The first-order chi connectivity index (χ1) is 9.43. The molecule has 3 nitrogen and oxygen atoms in total. The Morgan fingerprint density at radius 1 is 1.40 bits per heavy atom. The van der Waals surface area contributed by atoms with Crippen molar-refractivity contribution in [2.45, 2.75) is 19.8 Å². The second-order valence-corrected chi connectivity index (χ2v) is 5.20. The SMILES string of the molecule is CCc1nn(C)c(CC(=O)c2cc(F)ccc2F)c1Br. The summed E-state index contributed by atoms with van der Waals surface area (Å²) in [5.74, 6) is -1.83. The quantitative estimate of drug-likeness (QED) is 0.797. The van der Waals surface area contributed by atoms with Gasteiger partial charge >= 0.3 is 0 Å². The molecule has 20 heavy (non-hydrogen) atoms. The highest BCUT2D eigenvalue weighted by atomic mass is 79.9. The first-order valence-electron chi connectivity index (χ1n) is 6.12. The van der Waals surface area contributed by atoms with Gasteiger partial charge in [0, 0.05) is 7.05 Å². The van der Waals surface area contributed by atoms with E-state index in [0.717, 1.165) is 34.8 Å². The number of halogens is 3. The van der Waals surface area contributed by atoms with Crippen molar-refractivity contribution in [3.63, 3.8) is 0 Å². The Labute approximate surface area is 123 Å². The maximum absolute atomic E-state index is 13.6. The number of hydrogen-bond donors (Lipinski definition) is 0. The first-order valence-corrected chi connectivity index (χ1v) is 6.91. The summed E-state index contributed by atoms with van der Waals surface area (Å²) >= 11 is 3.39. The normalized spacial score (nSPS) is 10.8. The van der Waals surface area contributed by atoms with Crippen LogP contribution in [0.3, 0.4) is 0 Å². The largest absolute Gasteiger partial charge is 0.294 e. The van der Waals surface area contributed by atoms with E-state index in [0.29, 0.717) is 5.69 Å². The van der Waals surface area contributed by atoms with Gasteiger partial charge in [0.25, 0.3) is 0 Å². The van der Waals surface area contributed by atoms with Crippen molar-refractivity contribution in [2.24, 2.45) is 7.05 Å². The lowest BCUT2D eigenvalue weighted by atomic mass is 10.1. The summed E-state index contributed by atoms with van der Waals surface area (Å²) in [5, 5.41) is 4.27. The van der Waals surface area contributed by atoms with E-state index < -0.39 is 17.4 Å². The van der Waals surface area contributed by atoms with Crippen molar-refractivity contribution in [2.75, 3.05) is 0 Å². The maximum Gasteiger partial charge on any atom is 0.171 e. The monoisotopic (exact) mass is 342 g/mol. The molecule has 0 unspecified atom stereocenters. The van der Waals surface area contributed by atoms with Gasteiger partial charge in [-0.15, -0.1) is 0 Å². The van der Waals surface area contributed by atoms with Crippen molar-refractivity contribution in [1.82, 2.24) is 9.78 Å². The number of nitrogens with zero attached hydrogens (tertiary/aromatic N) is 2. The Hall–Kier alpha value is -1.56. The van der Waals surface area contributed by atoms with E-state index in [-0.39, 0.29) is 12.0 Å². The molecule has 0 atom stereocenters. The molecule has 1 heterocycles. The number of aryl methyl sites for hydroxylation is 2. The smallest absolute Gasteiger partial charge is 0.171 e. The van der Waals surface area contributed by atoms with Gasteiger partial charge in [0.15, 0.2) is 5.78 Å². The van der Waals surface area contributed by atoms with Crippen LogP contribution in [0.2, 0.25) is 0 Å². The Balaban J connectivity index is 2.33. The van der Waals surface area contributed by atoms with Crippen LogP contribution in [0.4, 0.5) is 8.78 Å². The van der Waals surface area contributed by atoms with E-state index in [1.165, 1.54) is 0 Å². The molecule has 0 amide bonds. The van der Waals surface area contributed by atoms with Gasteiger partial charge in [0.1, 0.15) is 11.6 Å². The Bertz CT molecular complexity index is 667. The zero-order valence-electron chi connectivity index (χ0n) is 11.1. The summed E-state index contributed by atoms with van der Waals surface area (Å²) in [6.45, 7) is 1.95. The second-order valence-electron chi connectivity index (χ2n) is 4.41. The van der Waals surface area contributed by atoms with Crippen LogP contribution < -0.4 is 0 Å². The van der Waals surface area contributed by atoms with Crippen molar-refractivity contribution in [1.29, 1.82) is 0 Å². The number of ketones is 1. The molecule has 106 valence electrons. The van der Waals surface area contributed by atoms with Crippen LogP contribution in [0.15, 0.2) is 22.7 Å². The third-order valence-corrected chi connectivity index (χ3v) is 3.98. The lowest BCUT2D eigenvalue weighted by molar-refractivity contribution is 0.0986. The third kappa shape index (κ3) is 2.80. The summed E-state index contributed by atoms with van der Waals surface area (Å²) < 4.78 is 29.0. The van der Waals surface area contributed by atoms with Crippen LogP contribution in [-0.2, 0) is 19.9 Å². The lowest BCUT2D eigenvalue weighted by Gasteiger charge is -2.04.